The van der Waals surface area contributed by atoms with Crippen LogP contribution in [-0.4, -0.2) is 18.8 Å². The Morgan fingerprint density at radius 1 is 1.12 bits per heavy atom. The molecule has 7 nitrogen and oxygen atoms in total. The van der Waals surface area contributed by atoms with Crippen LogP contribution in [0.3, 0.4) is 0 Å². The van der Waals surface area contributed by atoms with Crippen molar-refractivity contribution in [3.63, 3.8) is 0 Å². The van der Waals surface area contributed by atoms with Crippen LogP contribution in [0, 0.1) is 18.3 Å². The normalized spacial score (nSPS) is 14.8. The average molecular weight is 464 g/mol. The molecule has 4 rings (SSSR count). The maximum Gasteiger partial charge on any atom is 0.259 e. The monoisotopic (exact) mass is 463 g/mol. The minimum atomic E-state index is -0.666. The molecule has 2 aromatic carbocycles. The lowest BCUT2D eigenvalue weighted by atomic mass is 9.84. The number of hydrogen-bond acceptors (Lipinski definition) is 6. The van der Waals surface area contributed by atoms with Crippen molar-refractivity contribution in [1.82, 2.24) is 4.57 Å². The lowest BCUT2D eigenvalue weighted by Gasteiger charge is -2.27. The number of ether oxygens (including phenoxy) is 3. The van der Waals surface area contributed by atoms with Crippen molar-refractivity contribution in [2.75, 3.05) is 14.2 Å². The summed E-state index contributed by atoms with van der Waals surface area (Å²) in [6.45, 7) is 2.12. The highest BCUT2D eigenvalue weighted by molar-refractivity contribution is 6.30. The van der Waals surface area contributed by atoms with Crippen LogP contribution in [-0.2, 0) is 6.54 Å². The third kappa shape index (κ3) is 4.01. The molecule has 0 bridgehead atoms. The Hall–Kier alpha value is -3.89. The molecule has 3 aromatic rings. The van der Waals surface area contributed by atoms with E-state index in [4.69, 9.17) is 31.5 Å². The highest BCUT2D eigenvalue weighted by Gasteiger charge is 2.34. The van der Waals surface area contributed by atoms with Crippen molar-refractivity contribution in [2.24, 2.45) is 5.73 Å². The Bertz CT molecular complexity index is 1350. The Morgan fingerprint density at radius 3 is 2.45 bits per heavy atom. The molecule has 0 aliphatic carbocycles. The van der Waals surface area contributed by atoms with Gasteiger partial charge in [0, 0.05) is 16.8 Å². The van der Waals surface area contributed by atoms with Gasteiger partial charge in [0.2, 0.25) is 5.88 Å². The number of hydrogen-bond donors (Lipinski definition) is 1. The fraction of sp³-hybridized carbons (Fsp3) is 0.200. The molecule has 33 heavy (non-hydrogen) atoms. The molecule has 0 spiro atoms. The number of nitrogens with zero attached hydrogens (tertiary/aromatic N) is 2. The zero-order chi connectivity index (χ0) is 23.7. The maximum atomic E-state index is 13.8. The van der Waals surface area contributed by atoms with E-state index in [0.29, 0.717) is 40.1 Å². The summed E-state index contributed by atoms with van der Waals surface area (Å²) in [5.41, 5.74) is 8.60. The predicted molar refractivity (Wildman–Crippen MR) is 125 cm³/mol. The number of fused-ring (bicyclic) bond motifs is 1. The lowest BCUT2D eigenvalue weighted by molar-refractivity contribution is 0.354. The summed E-state index contributed by atoms with van der Waals surface area (Å²) in [5.74, 6) is 0.842. The fourth-order valence-corrected chi connectivity index (χ4v) is 4.16. The number of allylic oxidation sites excluding steroid dienone is 1. The number of methoxy groups -OCH3 is 2. The molecule has 1 aliphatic heterocycles. The number of aryl methyl sites for hydroxylation is 1. The van der Waals surface area contributed by atoms with Crippen molar-refractivity contribution in [1.29, 1.82) is 5.26 Å². The smallest absolute Gasteiger partial charge is 0.259 e. The van der Waals surface area contributed by atoms with E-state index in [2.05, 4.69) is 6.07 Å². The molecule has 0 unspecified atom stereocenters. The minimum absolute atomic E-state index is 0.0126. The van der Waals surface area contributed by atoms with Crippen LogP contribution >= 0.6 is 11.6 Å². The van der Waals surface area contributed by atoms with E-state index in [9.17, 15) is 10.1 Å². The first-order chi connectivity index (χ1) is 15.9. The zero-order valence-electron chi connectivity index (χ0n) is 18.4. The Balaban J connectivity index is 1.87. The van der Waals surface area contributed by atoms with E-state index in [-0.39, 0.29) is 17.0 Å². The minimum Gasteiger partial charge on any atom is -0.493 e. The molecule has 1 aromatic heterocycles. The largest absolute Gasteiger partial charge is 0.493 e. The van der Waals surface area contributed by atoms with Crippen LogP contribution in [0.5, 0.6) is 17.2 Å². The van der Waals surface area contributed by atoms with E-state index >= 15 is 0 Å². The zero-order valence-corrected chi connectivity index (χ0v) is 19.1. The van der Waals surface area contributed by atoms with Crippen molar-refractivity contribution in [3.05, 3.63) is 97.7 Å². The number of pyridine rings is 1. The number of rotatable bonds is 5. The van der Waals surface area contributed by atoms with Crippen LogP contribution in [0.15, 0.2) is 64.8 Å². The molecular formula is C25H22ClN3O4. The van der Waals surface area contributed by atoms with Gasteiger partial charge in [0.1, 0.15) is 17.4 Å². The standard InChI is InChI=1S/C25H22ClN3O4/c1-14-10-21-23(22(18(12-27)24(28)33-21)16-5-7-17(26)8-6-16)25(30)29(14)13-15-4-9-19(31-2)20(11-15)32-3/h4-11,22H,13,28H2,1-3H3/t22-/m0/s1. The third-order valence-corrected chi connectivity index (χ3v) is 5.93. The number of benzene rings is 2. The predicted octanol–water partition coefficient (Wildman–Crippen LogP) is 4.09. The molecule has 168 valence electrons. The van der Waals surface area contributed by atoms with Crippen molar-refractivity contribution in [3.8, 4) is 23.3 Å². The number of aromatic nitrogens is 1. The molecule has 2 heterocycles. The first-order valence-corrected chi connectivity index (χ1v) is 10.5. The molecule has 0 amide bonds. The van der Waals surface area contributed by atoms with Crippen LogP contribution in [0.2, 0.25) is 5.02 Å². The average Bonchev–Trinajstić information content (AvgIpc) is 2.81. The van der Waals surface area contributed by atoms with Gasteiger partial charge in [0.25, 0.3) is 5.56 Å². The topological polar surface area (TPSA) is 99.5 Å². The molecule has 0 saturated carbocycles. The SMILES string of the molecule is COc1ccc(Cn2c(C)cc3c(c2=O)[C@@H](c2ccc(Cl)cc2)C(C#N)=C(N)O3)cc1OC. The fourth-order valence-electron chi connectivity index (χ4n) is 4.03. The quantitative estimate of drug-likeness (QED) is 0.611. The summed E-state index contributed by atoms with van der Waals surface area (Å²) in [4.78, 5) is 13.8. The second-order valence-corrected chi connectivity index (χ2v) is 8.06. The molecule has 2 N–H and O–H groups in total. The van der Waals surface area contributed by atoms with Crippen LogP contribution in [0.25, 0.3) is 0 Å². The van der Waals surface area contributed by atoms with Gasteiger partial charge < -0.3 is 24.5 Å². The molecular weight excluding hydrogens is 442 g/mol. The van der Waals surface area contributed by atoms with E-state index < -0.39 is 5.92 Å². The second-order valence-electron chi connectivity index (χ2n) is 7.62. The maximum absolute atomic E-state index is 13.8. The molecule has 0 saturated heterocycles. The summed E-state index contributed by atoms with van der Waals surface area (Å²) >= 11 is 6.05. The van der Waals surface area contributed by atoms with E-state index in [1.165, 1.54) is 0 Å². The molecule has 0 radical (unpaired) electrons. The van der Waals surface area contributed by atoms with Gasteiger partial charge in [0.05, 0.1) is 32.2 Å². The third-order valence-electron chi connectivity index (χ3n) is 5.68. The molecule has 1 aliphatic rings. The van der Waals surface area contributed by atoms with Gasteiger partial charge in [-0.25, -0.2) is 0 Å². The summed E-state index contributed by atoms with van der Waals surface area (Å²) in [6, 6.07) is 16.4. The Morgan fingerprint density at radius 2 is 1.82 bits per heavy atom. The van der Waals surface area contributed by atoms with E-state index in [1.54, 1.807) is 55.2 Å². The highest BCUT2D eigenvalue weighted by atomic mass is 35.5. The molecule has 8 heteroatoms. The Kier molecular flexibility index (Phi) is 6.03. The number of nitrogens with two attached hydrogens (primary N) is 1. The summed E-state index contributed by atoms with van der Waals surface area (Å²) in [5, 5.41) is 10.4. The number of halogens is 1. The lowest BCUT2D eigenvalue weighted by Crippen LogP contribution is -2.33. The van der Waals surface area contributed by atoms with Crippen molar-refractivity contribution < 1.29 is 14.2 Å². The van der Waals surface area contributed by atoms with Gasteiger partial charge >= 0.3 is 0 Å². The van der Waals surface area contributed by atoms with Crippen LogP contribution in [0.1, 0.15) is 28.3 Å². The van der Waals surface area contributed by atoms with Crippen molar-refractivity contribution >= 4 is 11.6 Å². The van der Waals surface area contributed by atoms with Gasteiger partial charge in [-0.05, 0) is 42.3 Å². The summed E-state index contributed by atoms with van der Waals surface area (Å²) in [6.07, 6.45) is 0. The second kappa shape index (κ2) is 8.93. The van der Waals surface area contributed by atoms with Gasteiger partial charge in [-0.1, -0.05) is 29.8 Å². The van der Waals surface area contributed by atoms with Crippen LogP contribution < -0.4 is 25.5 Å². The Labute approximate surface area is 196 Å². The van der Waals surface area contributed by atoms with Crippen LogP contribution in [0.4, 0.5) is 0 Å². The number of nitriles is 1. The van der Waals surface area contributed by atoms with Gasteiger partial charge in [0.15, 0.2) is 11.5 Å². The van der Waals surface area contributed by atoms with Gasteiger partial charge in [-0.15, -0.1) is 0 Å². The highest BCUT2D eigenvalue weighted by Crippen LogP contribution is 2.40. The van der Waals surface area contributed by atoms with Gasteiger partial charge in [-0.3, -0.25) is 4.79 Å². The van der Waals surface area contributed by atoms with Gasteiger partial charge in [-0.2, -0.15) is 5.26 Å². The first-order valence-electron chi connectivity index (χ1n) is 10.2. The van der Waals surface area contributed by atoms with E-state index in [0.717, 1.165) is 11.1 Å². The molecule has 0 fully saturated rings. The first kappa shape index (κ1) is 22.3. The molecule has 1 atom stereocenters. The summed E-state index contributed by atoms with van der Waals surface area (Å²) < 4.78 is 18.0. The summed E-state index contributed by atoms with van der Waals surface area (Å²) in [7, 11) is 3.13. The van der Waals surface area contributed by atoms with E-state index in [1.807, 2.05) is 19.1 Å². The van der Waals surface area contributed by atoms with Crippen molar-refractivity contribution in [2.45, 2.75) is 19.4 Å².